The van der Waals surface area contributed by atoms with E-state index in [-0.39, 0.29) is 11.3 Å². The van der Waals surface area contributed by atoms with Crippen molar-refractivity contribution in [3.63, 3.8) is 0 Å². The lowest BCUT2D eigenvalue weighted by Gasteiger charge is -2.26. The Kier molecular flexibility index (Phi) is 3.00. The summed E-state index contributed by atoms with van der Waals surface area (Å²) in [6.45, 7) is 3.12. The van der Waals surface area contributed by atoms with Crippen LogP contribution in [0.15, 0.2) is 12.1 Å². The van der Waals surface area contributed by atoms with Crippen LogP contribution in [-0.2, 0) is 5.54 Å². The fourth-order valence-electron chi connectivity index (χ4n) is 2.25. The van der Waals surface area contributed by atoms with E-state index >= 15 is 0 Å². The van der Waals surface area contributed by atoms with E-state index < -0.39 is 0 Å². The van der Waals surface area contributed by atoms with Crippen LogP contribution in [0.5, 0.6) is 11.5 Å². The highest BCUT2D eigenvalue weighted by atomic mass is 35.5. The first-order valence-electron chi connectivity index (χ1n) is 5.39. The van der Waals surface area contributed by atoms with E-state index in [2.05, 4.69) is 12.2 Å². The van der Waals surface area contributed by atoms with Gasteiger partial charge in [-0.2, -0.15) is 0 Å². The molecule has 1 saturated heterocycles. The Morgan fingerprint density at radius 2 is 2.25 bits per heavy atom. The van der Waals surface area contributed by atoms with Gasteiger partial charge >= 0.3 is 0 Å². The predicted octanol–water partition coefficient (Wildman–Crippen LogP) is 2.65. The highest BCUT2D eigenvalue weighted by Crippen LogP contribution is 2.40. The van der Waals surface area contributed by atoms with E-state index in [1.807, 2.05) is 6.07 Å². The Bertz CT molecular complexity index is 400. The van der Waals surface area contributed by atoms with Crippen LogP contribution in [0.1, 0.15) is 25.3 Å². The Hall–Kier alpha value is -0.930. The number of phenolic OH excluding ortho intramolecular Hbond substituents is 1. The van der Waals surface area contributed by atoms with Crippen molar-refractivity contribution in [1.82, 2.24) is 5.32 Å². The molecule has 1 aliphatic heterocycles. The van der Waals surface area contributed by atoms with Crippen LogP contribution in [0.2, 0.25) is 5.02 Å². The zero-order valence-corrected chi connectivity index (χ0v) is 10.3. The quantitative estimate of drug-likeness (QED) is 0.837. The SMILES string of the molecule is COc1cc(C2(C)CCCN2)c(Cl)cc1O. The molecular weight excluding hydrogens is 226 g/mol. The molecule has 0 radical (unpaired) electrons. The molecule has 88 valence electrons. The number of aromatic hydroxyl groups is 1. The van der Waals surface area contributed by atoms with Crippen LogP contribution in [0.25, 0.3) is 0 Å². The minimum absolute atomic E-state index is 0.0813. The normalized spacial score (nSPS) is 24.7. The average molecular weight is 242 g/mol. The number of halogens is 1. The van der Waals surface area contributed by atoms with Crippen molar-refractivity contribution in [2.45, 2.75) is 25.3 Å². The molecule has 0 aliphatic carbocycles. The first-order valence-corrected chi connectivity index (χ1v) is 5.76. The van der Waals surface area contributed by atoms with Crippen LogP contribution in [-0.4, -0.2) is 18.8 Å². The summed E-state index contributed by atoms with van der Waals surface area (Å²) in [7, 11) is 1.54. The molecule has 0 spiro atoms. The van der Waals surface area contributed by atoms with Crippen molar-refractivity contribution in [2.75, 3.05) is 13.7 Å². The summed E-state index contributed by atoms with van der Waals surface area (Å²) in [6.07, 6.45) is 2.18. The molecule has 2 N–H and O–H groups in total. The van der Waals surface area contributed by atoms with Gasteiger partial charge in [0.05, 0.1) is 7.11 Å². The molecule has 0 saturated carbocycles. The van der Waals surface area contributed by atoms with Gasteiger partial charge in [-0.15, -0.1) is 0 Å². The summed E-state index contributed by atoms with van der Waals surface area (Å²) >= 11 is 6.17. The number of rotatable bonds is 2. The third kappa shape index (κ3) is 1.85. The van der Waals surface area contributed by atoms with Crippen molar-refractivity contribution in [2.24, 2.45) is 0 Å². The highest BCUT2D eigenvalue weighted by molar-refractivity contribution is 6.31. The third-order valence-corrected chi connectivity index (χ3v) is 3.54. The summed E-state index contributed by atoms with van der Waals surface area (Å²) in [5, 5.41) is 13.6. The van der Waals surface area contributed by atoms with Gasteiger partial charge in [0, 0.05) is 16.6 Å². The highest BCUT2D eigenvalue weighted by Gasteiger charge is 2.32. The van der Waals surface area contributed by atoms with Crippen molar-refractivity contribution in [3.05, 3.63) is 22.7 Å². The number of methoxy groups -OCH3 is 1. The molecule has 2 rings (SSSR count). The summed E-state index contributed by atoms with van der Waals surface area (Å²) in [5.74, 6) is 0.548. The van der Waals surface area contributed by atoms with Crippen molar-refractivity contribution in [1.29, 1.82) is 0 Å². The van der Waals surface area contributed by atoms with Gasteiger partial charge in [0.25, 0.3) is 0 Å². The first-order chi connectivity index (χ1) is 7.57. The molecule has 1 aromatic rings. The van der Waals surface area contributed by atoms with Crippen molar-refractivity contribution < 1.29 is 9.84 Å². The fourth-order valence-corrected chi connectivity index (χ4v) is 2.62. The van der Waals surface area contributed by atoms with E-state index in [9.17, 15) is 5.11 Å². The van der Waals surface area contributed by atoms with Crippen LogP contribution in [0.3, 0.4) is 0 Å². The molecule has 1 atom stereocenters. The molecule has 0 bridgehead atoms. The zero-order valence-electron chi connectivity index (χ0n) is 9.51. The van der Waals surface area contributed by atoms with Gasteiger partial charge in [-0.25, -0.2) is 0 Å². The van der Waals surface area contributed by atoms with Gasteiger partial charge in [0.15, 0.2) is 11.5 Å². The van der Waals surface area contributed by atoms with Gasteiger partial charge in [0.1, 0.15) is 0 Å². The Balaban J connectivity index is 2.47. The first kappa shape index (κ1) is 11.6. The molecule has 3 nitrogen and oxygen atoms in total. The Labute approximate surface area is 100 Å². The second-order valence-electron chi connectivity index (χ2n) is 4.37. The standard InChI is InChI=1S/C12H16ClNO2/c1-12(4-3-5-14-12)8-6-11(16-2)10(15)7-9(8)13/h6-7,14-15H,3-5H2,1-2H3. The van der Waals surface area contributed by atoms with E-state index in [4.69, 9.17) is 16.3 Å². The van der Waals surface area contributed by atoms with Gasteiger partial charge in [-0.05, 0) is 37.9 Å². The van der Waals surface area contributed by atoms with E-state index in [0.29, 0.717) is 10.8 Å². The lowest BCUT2D eigenvalue weighted by molar-refractivity contribution is 0.368. The maximum Gasteiger partial charge on any atom is 0.160 e. The lowest BCUT2D eigenvalue weighted by atomic mass is 9.90. The number of ether oxygens (including phenoxy) is 1. The summed E-state index contributed by atoms with van der Waals surface area (Å²) < 4.78 is 5.11. The molecule has 4 heteroatoms. The van der Waals surface area contributed by atoms with Crippen LogP contribution < -0.4 is 10.1 Å². The van der Waals surface area contributed by atoms with E-state index in [1.54, 1.807) is 6.07 Å². The minimum atomic E-state index is -0.113. The van der Waals surface area contributed by atoms with E-state index in [1.165, 1.54) is 7.11 Å². The summed E-state index contributed by atoms with van der Waals surface area (Å²) in [5.41, 5.74) is 0.874. The Morgan fingerprint density at radius 1 is 1.50 bits per heavy atom. The van der Waals surface area contributed by atoms with Gasteiger partial charge in [-0.3, -0.25) is 0 Å². The molecule has 0 aromatic heterocycles. The minimum Gasteiger partial charge on any atom is -0.504 e. The summed E-state index contributed by atoms with van der Waals surface area (Å²) in [6, 6.07) is 3.36. The second kappa shape index (κ2) is 4.15. The molecule has 1 unspecified atom stereocenters. The largest absolute Gasteiger partial charge is 0.504 e. The predicted molar refractivity (Wildman–Crippen MR) is 64.3 cm³/mol. The smallest absolute Gasteiger partial charge is 0.160 e. The van der Waals surface area contributed by atoms with Gasteiger partial charge in [0.2, 0.25) is 0 Å². The summed E-state index contributed by atoms with van der Waals surface area (Å²) in [4.78, 5) is 0. The monoisotopic (exact) mass is 241 g/mol. The van der Waals surface area contributed by atoms with Crippen molar-refractivity contribution in [3.8, 4) is 11.5 Å². The van der Waals surface area contributed by atoms with Gasteiger partial charge < -0.3 is 15.2 Å². The van der Waals surface area contributed by atoms with Crippen LogP contribution in [0.4, 0.5) is 0 Å². The van der Waals surface area contributed by atoms with Gasteiger partial charge in [-0.1, -0.05) is 11.6 Å². The van der Waals surface area contributed by atoms with E-state index in [0.717, 1.165) is 24.9 Å². The van der Waals surface area contributed by atoms with Crippen LogP contribution in [0, 0.1) is 0 Å². The second-order valence-corrected chi connectivity index (χ2v) is 4.77. The number of hydrogen-bond acceptors (Lipinski definition) is 3. The molecular formula is C12H16ClNO2. The average Bonchev–Trinajstić information content (AvgIpc) is 2.66. The van der Waals surface area contributed by atoms with Crippen LogP contribution >= 0.6 is 11.6 Å². The number of hydrogen-bond donors (Lipinski definition) is 2. The molecule has 16 heavy (non-hydrogen) atoms. The number of nitrogens with one attached hydrogen (secondary N) is 1. The lowest BCUT2D eigenvalue weighted by Crippen LogP contribution is -2.33. The molecule has 1 fully saturated rings. The molecule has 1 heterocycles. The number of benzene rings is 1. The number of phenols is 1. The third-order valence-electron chi connectivity index (χ3n) is 3.23. The fraction of sp³-hybridized carbons (Fsp3) is 0.500. The maximum absolute atomic E-state index is 9.61. The maximum atomic E-state index is 9.61. The Morgan fingerprint density at radius 3 is 2.81 bits per heavy atom. The zero-order chi connectivity index (χ0) is 11.8. The topological polar surface area (TPSA) is 41.5 Å². The molecule has 1 aromatic carbocycles. The van der Waals surface area contributed by atoms with Crippen molar-refractivity contribution >= 4 is 11.6 Å². The molecule has 1 aliphatic rings. The molecule has 0 amide bonds.